The van der Waals surface area contributed by atoms with E-state index in [1.54, 1.807) is 11.1 Å². The highest BCUT2D eigenvalue weighted by Gasteiger charge is 2.23. The Labute approximate surface area is 137 Å². The maximum Gasteiger partial charge on any atom is 0.329 e. The van der Waals surface area contributed by atoms with E-state index in [-0.39, 0.29) is 17.2 Å². The van der Waals surface area contributed by atoms with Crippen molar-refractivity contribution >= 4 is 11.6 Å². The van der Waals surface area contributed by atoms with Crippen molar-refractivity contribution in [2.24, 2.45) is 0 Å². The van der Waals surface area contributed by atoms with Crippen LogP contribution in [0.1, 0.15) is 18.4 Å². The predicted molar refractivity (Wildman–Crippen MR) is 82.7 cm³/mol. The van der Waals surface area contributed by atoms with E-state index in [1.807, 2.05) is 6.07 Å². The van der Waals surface area contributed by atoms with Crippen molar-refractivity contribution in [3.8, 4) is 6.07 Å². The number of allylic oxidation sites excluding steroid dienone is 1. The molecule has 0 bridgehead atoms. The molecule has 1 aromatic carbocycles. The third-order valence-corrected chi connectivity index (χ3v) is 4.03. The number of carbonyl (C=O) groups is 1. The van der Waals surface area contributed by atoms with Gasteiger partial charge in [0.1, 0.15) is 18.0 Å². The van der Waals surface area contributed by atoms with Gasteiger partial charge in [-0.3, -0.25) is 4.57 Å². The number of rotatable bonds is 1. The van der Waals surface area contributed by atoms with Crippen molar-refractivity contribution in [1.29, 1.82) is 5.26 Å². The summed E-state index contributed by atoms with van der Waals surface area (Å²) in [7, 11) is 0. The van der Waals surface area contributed by atoms with Crippen molar-refractivity contribution in [3.05, 3.63) is 59.7 Å². The minimum Gasteiger partial charge on any atom is -0.323 e. The van der Waals surface area contributed by atoms with Crippen molar-refractivity contribution in [3.63, 3.8) is 0 Å². The predicted octanol–water partition coefficient (Wildman–Crippen LogP) is 3.20. The number of nitriles is 1. The van der Waals surface area contributed by atoms with Gasteiger partial charge in [0.15, 0.2) is 0 Å². The van der Waals surface area contributed by atoms with E-state index in [2.05, 4.69) is 4.98 Å². The fourth-order valence-corrected chi connectivity index (χ4v) is 2.78. The molecular weight excluding hydrogens is 314 g/mol. The largest absolute Gasteiger partial charge is 0.329 e. The fraction of sp³-hybridized carbons (Fsp3) is 0.235. The molecule has 1 aliphatic rings. The van der Waals surface area contributed by atoms with Gasteiger partial charge >= 0.3 is 6.03 Å². The first-order chi connectivity index (χ1) is 11.6. The quantitative estimate of drug-likeness (QED) is 0.755. The van der Waals surface area contributed by atoms with Gasteiger partial charge in [0.05, 0.1) is 11.6 Å². The number of piperidine rings is 1. The van der Waals surface area contributed by atoms with Gasteiger partial charge in [0.25, 0.3) is 0 Å². The Balaban J connectivity index is 1.80. The molecule has 7 heteroatoms. The number of benzene rings is 1. The Morgan fingerprint density at radius 1 is 1.25 bits per heavy atom. The molecule has 2 aromatic rings. The topological polar surface area (TPSA) is 61.9 Å². The van der Waals surface area contributed by atoms with Gasteiger partial charge < -0.3 is 4.90 Å². The summed E-state index contributed by atoms with van der Waals surface area (Å²) >= 11 is 0. The lowest BCUT2D eigenvalue weighted by Crippen LogP contribution is -2.38. The Kier molecular flexibility index (Phi) is 4.38. The van der Waals surface area contributed by atoms with Gasteiger partial charge in [-0.1, -0.05) is 0 Å². The van der Waals surface area contributed by atoms with E-state index in [1.165, 1.54) is 23.2 Å². The highest BCUT2D eigenvalue weighted by molar-refractivity contribution is 5.81. The number of carbonyl (C=O) groups excluding carboxylic acids is 1. The van der Waals surface area contributed by atoms with E-state index in [4.69, 9.17) is 0 Å². The zero-order chi connectivity index (χ0) is 17.1. The molecule has 1 amide bonds. The lowest BCUT2D eigenvalue weighted by Gasteiger charge is -2.29. The highest BCUT2D eigenvalue weighted by atomic mass is 19.1. The Bertz CT molecular complexity index is 827. The van der Waals surface area contributed by atoms with E-state index < -0.39 is 11.6 Å². The molecule has 2 heterocycles. The summed E-state index contributed by atoms with van der Waals surface area (Å²) in [5.74, 6) is -1.43. The van der Waals surface area contributed by atoms with Crippen LogP contribution >= 0.6 is 0 Å². The molecule has 3 rings (SSSR count). The first-order valence-corrected chi connectivity index (χ1v) is 7.45. The Hall–Kier alpha value is -3.01. The molecule has 5 nitrogen and oxygen atoms in total. The lowest BCUT2D eigenvalue weighted by molar-refractivity contribution is 0.195. The van der Waals surface area contributed by atoms with Gasteiger partial charge in [-0.25, -0.2) is 18.6 Å². The van der Waals surface area contributed by atoms with Crippen LogP contribution in [0.4, 0.5) is 13.6 Å². The Morgan fingerprint density at radius 2 is 2.00 bits per heavy atom. The molecule has 24 heavy (non-hydrogen) atoms. The summed E-state index contributed by atoms with van der Waals surface area (Å²) in [5, 5.41) is 9.39. The summed E-state index contributed by atoms with van der Waals surface area (Å²) in [6, 6.07) is 5.01. The maximum atomic E-state index is 13.9. The molecule has 0 aliphatic carbocycles. The average Bonchev–Trinajstić information content (AvgIpc) is 3.12. The van der Waals surface area contributed by atoms with Gasteiger partial charge in [-0.15, -0.1) is 0 Å². The highest BCUT2D eigenvalue weighted by Crippen LogP contribution is 2.28. The molecule has 1 fully saturated rings. The van der Waals surface area contributed by atoms with Crippen molar-refractivity contribution in [1.82, 2.24) is 14.5 Å². The third-order valence-electron chi connectivity index (χ3n) is 4.03. The number of nitrogens with zero attached hydrogens (tertiary/aromatic N) is 4. The van der Waals surface area contributed by atoms with Crippen LogP contribution in [0.25, 0.3) is 5.57 Å². The van der Waals surface area contributed by atoms with Crippen LogP contribution in [-0.2, 0) is 0 Å². The minimum absolute atomic E-state index is 0.100. The van der Waals surface area contributed by atoms with E-state index >= 15 is 0 Å². The molecular formula is C17H14F2N4O. The number of hydrogen-bond acceptors (Lipinski definition) is 3. The van der Waals surface area contributed by atoms with Crippen LogP contribution in [0.2, 0.25) is 0 Å². The summed E-state index contributed by atoms with van der Waals surface area (Å²) in [6.45, 7) is 0.862. The van der Waals surface area contributed by atoms with Gasteiger partial charge in [-0.2, -0.15) is 5.26 Å². The molecule has 0 atom stereocenters. The molecule has 0 unspecified atom stereocenters. The zero-order valence-corrected chi connectivity index (χ0v) is 12.7. The summed E-state index contributed by atoms with van der Waals surface area (Å²) in [4.78, 5) is 17.7. The minimum atomic E-state index is -0.754. The van der Waals surface area contributed by atoms with Crippen LogP contribution in [0.5, 0.6) is 0 Å². The number of imidazole rings is 1. The number of halogens is 2. The van der Waals surface area contributed by atoms with Gasteiger partial charge in [-0.05, 0) is 30.5 Å². The molecule has 0 spiro atoms. The molecule has 0 radical (unpaired) electrons. The molecule has 1 aromatic heterocycles. The Morgan fingerprint density at radius 3 is 2.58 bits per heavy atom. The summed E-state index contributed by atoms with van der Waals surface area (Å²) < 4.78 is 28.4. The normalized spacial score (nSPS) is 14.4. The van der Waals surface area contributed by atoms with Crippen LogP contribution in [0.15, 0.2) is 42.5 Å². The lowest BCUT2D eigenvalue weighted by atomic mass is 9.93. The fourth-order valence-electron chi connectivity index (χ4n) is 2.78. The monoisotopic (exact) mass is 328 g/mol. The van der Waals surface area contributed by atoms with Crippen LogP contribution in [0, 0.1) is 23.0 Å². The number of hydrogen-bond donors (Lipinski definition) is 0. The summed E-state index contributed by atoms with van der Waals surface area (Å²) in [5.41, 5.74) is 1.10. The van der Waals surface area contributed by atoms with Crippen LogP contribution < -0.4 is 0 Å². The van der Waals surface area contributed by atoms with Crippen molar-refractivity contribution < 1.29 is 13.6 Å². The SMILES string of the molecule is N#CC(=C1CCN(C(=O)n2ccnc2)CC1)c1ccc(F)cc1F. The van der Waals surface area contributed by atoms with E-state index in [0.717, 1.165) is 17.7 Å². The second-order valence-electron chi connectivity index (χ2n) is 5.45. The standard InChI is InChI=1S/C17H14F2N4O/c18-13-1-2-14(16(19)9-13)15(10-20)12-3-6-22(7-4-12)17(24)23-8-5-21-11-23/h1-2,5,8-9,11H,3-4,6-7H2. The number of aromatic nitrogens is 2. The average molecular weight is 328 g/mol. The van der Waals surface area contributed by atoms with Crippen LogP contribution in [-0.4, -0.2) is 33.6 Å². The second kappa shape index (κ2) is 6.62. The van der Waals surface area contributed by atoms with Crippen LogP contribution in [0.3, 0.4) is 0 Å². The summed E-state index contributed by atoms with van der Waals surface area (Å²) in [6.07, 6.45) is 5.48. The maximum absolute atomic E-state index is 13.9. The van der Waals surface area contributed by atoms with Gasteiger partial charge in [0, 0.05) is 37.1 Å². The molecule has 1 aliphatic heterocycles. The van der Waals surface area contributed by atoms with E-state index in [9.17, 15) is 18.8 Å². The third kappa shape index (κ3) is 3.04. The number of amides is 1. The second-order valence-corrected chi connectivity index (χ2v) is 5.45. The smallest absolute Gasteiger partial charge is 0.323 e. The first kappa shape index (κ1) is 15.9. The van der Waals surface area contributed by atoms with Crippen molar-refractivity contribution in [2.75, 3.05) is 13.1 Å². The van der Waals surface area contributed by atoms with E-state index in [0.29, 0.717) is 25.9 Å². The van der Waals surface area contributed by atoms with Crippen molar-refractivity contribution in [2.45, 2.75) is 12.8 Å². The molecule has 122 valence electrons. The molecule has 0 N–H and O–H groups in total. The zero-order valence-electron chi connectivity index (χ0n) is 12.7. The molecule has 0 saturated carbocycles. The first-order valence-electron chi connectivity index (χ1n) is 7.45. The molecule has 1 saturated heterocycles. The van der Waals surface area contributed by atoms with Gasteiger partial charge in [0.2, 0.25) is 0 Å². The number of likely N-dealkylation sites (tertiary alicyclic amines) is 1.